The second kappa shape index (κ2) is 6.21. The minimum atomic E-state index is -4.46. The number of rotatable bonds is 4. The fourth-order valence-electron chi connectivity index (χ4n) is 1.75. The molecular formula is C13H15F3N2OS. The van der Waals surface area contributed by atoms with Crippen LogP contribution >= 0.6 is 12.2 Å². The van der Waals surface area contributed by atoms with Crippen LogP contribution in [0.5, 0.6) is 0 Å². The fourth-order valence-corrected chi connectivity index (χ4v) is 2.13. The standard InChI is InChI=1S/C13H15F3N2OS/c1-7(2)10(11(17)20)12(19)18-9-5-3-4-8(6-9)13(14,15)16/h3-7,10H,1-2H3,(H2,17,20)(H,18,19). The molecule has 1 atom stereocenters. The van der Waals surface area contributed by atoms with Crippen molar-refractivity contribution in [3.05, 3.63) is 29.8 Å². The molecule has 0 aliphatic carbocycles. The van der Waals surface area contributed by atoms with Crippen LogP contribution in [-0.2, 0) is 11.0 Å². The number of hydrogen-bond acceptors (Lipinski definition) is 2. The third-order valence-corrected chi connectivity index (χ3v) is 2.97. The molecule has 0 bridgehead atoms. The quantitative estimate of drug-likeness (QED) is 0.840. The molecule has 3 nitrogen and oxygen atoms in total. The molecule has 1 aromatic carbocycles. The first-order valence-corrected chi connectivity index (χ1v) is 6.31. The highest BCUT2D eigenvalue weighted by atomic mass is 32.1. The van der Waals surface area contributed by atoms with Gasteiger partial charge in [-0.1, -0.05) is 32.1 Å². The van der Waals surface area contributed by atoms with Gasteiger partial charge in [-0.05, 0) is 24.1 Å². The van der Waals surface area contributed by atoms with E-state index in [4.69, 9.17) is 18.0 Å². The molecule has 0 fully saturated rings. The Bertz CT molecular complexity index is 515. The summed E-state index contributed by atoms with van der Waals surface area (Å²) in [5.74, 6) is -1.37. The number of nitrogens with two attached hydrogens (primary N) is 1. The van der Waals surface area contributed by atoms with Gasteiger partial charge in [-0.2, -0.15) is 13.2 Å². The van der Waals surface area contributed by atoms with Gasteiger partial charge in [0.25, 0.3) is 0 Å². The number of hydrogen-bond donors (Lipinski definition) is 2. The molecule has 1 aromatic rings. The molecular weight excluding hydrogens is 289 g/mol. The lowest BCUT2D eigenvalue weighted by Gasteiger charge is -2.19. The smallest absolute Gasteiger partial charge is 0.393 e. The molecule has 0 saturated carbocycles. The number of halogens is 3. The van der Waals surface area contributed by atoms with Gasteiger partial charge in [0.05, 0.1) is 16.5 Å². The first kappa shape index (κ1) is 16.4. The van der Waals surface area contributed by atoms with Crippen molar-refractivity contribution in [2.24, 2.45) is 17.6 Å². The lowest BCUT2D eigenvalue weighted by atomic mass is 9.95. The molecule has 0 heterocycles. The van der Waals surface area contributed by atoms with Crippen LogP contribution in [0.2, 0.25) is 0 Å². The Morgan fingerprint density at radius 2 is 1.95 bits per heavy atom. The molecule has 0 aromatic heterocycles. The molecule has 0 saturated heterocycles. The summed E-state index contributed by atoms with van der Waals surface area (Å²) in [7, 11) is 0. The highest BCUT2D eigenvalue weighted by Crippen LogP contribution is 2.30. The molecule has 0 radical (unpaired) electrons. The zero-order valence-corrected chi connectivity index (χ0v) is 11.8. The average Bonchev–Trinajstić information content (AvgIpc) is 2.26. The van der Waals surface area contributed by atoms with Crippen molar-refractivity contribution in [3.63, 3.8) is 0 Å². The third kappa shape index (κ3) is 4.19. The maximum atomic E-state index is 12.6. The summed E-state index contributed by atoms with van der Waals surface area (Å²) in [6.45, 7) is 3.52. The second-order valence-corrected chi connectivity index (χ2v) is 5.16. The first-order chi connectivity index (χ1) is 9.12. The van der Waals surface area contributed by atoms with Crippen LogP contribution in [0.4, 0.5) is 18.9 Å². The molecule has 3 N–H and O–H groups in total. The van der Waals surface area contributed by atoms with Crippen LogP contribution < -0.4 is 11.1 Å². The van der Waals surface area contributed by atoms with E-state index in [0.29, 0.717) is 0 Å². The summed E-state index contributed by atoms with van der Waals surface area (Å²) in [4.78, 5) is 12.0. The van der Waals surface area contributed by atoms with Crippen molar-refractivity contribution >= 4 is 28.8 Å². The molecule has 0 aliphatic rings. The Hall–Kier alpha value is -1.63. The summed E-state index contributed by atoms with van der Waals surface area (Å²) < 4.78 is 37.7. The van der Waals surface area contributed by atoms with Gasteiger partial charge in [0, 0.05) is 5.69 Å². The van der Waals surface area contributed by atoms with E-state index in [1.165, 1.54) is 12.1 Å². The lowest BCUT2D eigenvalue weighted by molar-refractivity contribution is -0.137. The first-order valence-electron chi connectivity index (χ1n) is 5.90. The van der Waals surface area contributed by atoms with Gasteiger partial charge in [-0.25, -0.2) is 0 Å². The van der Waals surface area contributed by atoms with Gasteiger partial charge in [-0.15, -0.1) is 0 Å². The molecule has 1 amide bonds. The van der Waals surface area contributed by atoms with E-state index in [2.05, 4.69) is 5.32 Å². The molecule has 110 valence electrons. The number of carbonyl (C=O) groups excluding carboxylic acids is 1. The van der Waals surface area contributed by atoms with Crippen molar-refractivity contribution in [2.75, 3.05) is 5.32 Å². The number of anilines is 1. The summed E-state index contributed by atoms with van der Waals surface area (Å²) in [5, 5.41) is 2.41. The monoisotopic (exact) mass is 304 g/mol. The number of benzene rings is 1. The Morgan fingerprint density at radius 3 is 2.40 bits per heavy atom. The van der Waals surface area contributed by atoms with E-state index < -0.39 is 23.6 Å². The average molecular weight is 304 g/mol. The number of carbonyl (C=O) groups is 1. The van der Waals surface area contributed by atoms with Crippen LogP contribution in [0.25, 0.3) is 0 Å². The van der Waals surface area contributed by atoms with Gasteiger partial charge in [0.15, 0.2) is 0 Å². The second-order valence-electron chi connectivity index (χ2n) is 4.69. The maximum absolute atomic E-state index is 12.6. The minimum Gasteiger partial charge on any atom is -0.393 e. The Balaban J connectivity index is 2.93. The minimum absolute atomic E-state index is 0.0180. The normalized spacial score (nSPS) is 13.1. The van der Waals surface area contributed by atoms with Gasteiger partial charge >= 0.3 is 6.18 Å². The lowest BCUT2D eigenvalue weighted by Crippen LogP contribution is -2.36. The molecule has 20 heavy (non-hydrogen) atoms. The Kier molecular flexibility index (Phi) is 5.10. The molecule has 7 heteroatoms. The summed E-state index contributed by atoms with van der Waals surface area (Å²) in [6.07, 6.45) is -4.46. The van der Waals surface area contributed by atoms with Crippen LogP contribution in [0.1, 0.15) is 19.4 Å². The number of nitrogens with one attached hydrogen (secondary N) is 1. The zero-order chi connectivity index (χ0) is 15.5. The van der Waals surface area contributed by atoms with Crippen molar-refractivity contribution in [1.82, 2.24) is 0 Å². The topological polar surface area (TPSA) is 55.1 Å². The van der Waals surface area contributed by atoms with Crippen LogP contribution in [-0.4, -0.2) is 10.9 Å². The predicted molar refractivity (Wildman–Crippen MR) is 75.2 cm³/mol. The van der Waals surface area contributed by atoms with E-state index >= 15 is 0 Å². The van der Waals surface area contributed by atoms with Gasteiger partial charge in [0.1, 0.15) is 0 Å². The number of thiocarbonyl (C=S) groups is 1. The zero-order valence-electron chi connectivity index (χ0n) is 11.0. The van der Waals surface area contributed by atoms with Gasteiger partial charge in [0.2, 0.25) is 5.91 Å². The molecule has 1 rings (SSSR count). The van der Waals surface area contributed by atoms with Crippen molar-refractivity contribution < 1.29 is 18.0 Å². The third-order valence-electron chi connectivity index (χ3n) is 2.71. The highest BCUT2D eigenvalue weighted by molar-refractivity contribution is 7.80. The summed E-state index contributed by atoms with van der Waals surface area (Å²) in [6, 6.07) is 4.41. The SMILES string of the molecule is CC(C)C(C(=O)Nc1cccc(C(F)(F)F)c1)C(N)=S. The number of alkyl halides is 3. The molecule has 0 spiro atoms. The summed E-state index contributed by atoms with van der Waals surface area (Å²) in [5.41, 5.74) is 4.72. The fraction of sp³-hybridized carbons (Fsp3) is 0.385. The maximum Gasteiger partial charge on any atom is 0.416 e. The predicted octanol–water partition coefficient (Wildman–Crippen LogP) is 3.20. The largest absolute Gasteiger partial charge is 0.416 e. The Morgan fingerprint density at radius 1 is 1.35 bits per heavy atom. The molecule has 0 aliphatic heterocycles. The van der Waals surface area contributed by atoms with Gasteiger partial charge < -0.3 is 11.1 Å². The van der Waals surface area contributed by atoms with Crippen LogP contribution in [0.15, 0.2) is 24.3 Å². The van der Waals surface area contributed by atoms with Crippen LogP contribution in [0.3, 0.4) is 0 Å². The van der Waals surface area contributed by atoms with Crippen molar-refractivity contribution in [3.8, 4) is 0 Å². The number of amides is 1. The molecule has 1 unspecified atom stereocenters. The van der Waals surface area contributed by atoms with E-state index in [0.717, 1.165) is 12.1 Å². The van der Waals surface area contributed by atoms with Crippen molar-refractivity contribution in [1.29, 1.82) is 0 Å². The highest BCUT2D eigenvalue weighted by Gasteiger charge is 2.31. The van der Waals surface area contributed by atoms with E-state index in [9.17, 15) is 18.0 Å². The Labute approximate surface area is 120 Å². The van der Waals surface area contributed by atoms with Crippen molar-refractivity contribution in [2.45, 2.75) is 20.0 Å². The van der Waals surface area contributed by atoms with E-state index in [1.807, 2.05) is 0 Å². The van der Waals surface area contributed by atoms with E-state index in [-0.39, 0.29) is 16.6 Å². The van der Waals surface area contributed by atoms with Gasteiger partial charge in [-0.3, -0.25) is 4.79 Å². The summed E-state index contributed by atoms with van der Waals surface area (Å²) >= 11 is 4.81. The van der Waals surface area contributed by atoms with E-state index in [1.54, 1.807) is 13.8 Å². The van der Waals surface area contributed by atoms with Crippen LogP contribution in [0, 0.1) is 11.8 Å².